The van der Waals surface area contributed by atoms with E-state index in [-0.39, 0.29) is 35.9 Å². The fraction of sp³-hybridized carbons (Fsp3) is 0.519. The van der Waals surface area contributed by atoms with Gasteiger partial charge in [0, 0.05) is 6.42 Å². The van der Waals surface area contributed by atoms with Crippen LogP contribution in [0.3, 0.4) is 0 Å². The highest BCUT2D eigenvalue weighted by Crippen LogP contribution is 2.38. The molecule has 0 radical (unpaired) electrons. The zero-order valence-electron chi connectivity index (χ0n) is 19.1. The Morgan fingerprint density at radius 3 is 2.50 bits per heavy atom. The maximum Gasteiger partial charge on any atom is 0.207 e. The molecule has 1 aliphatic carbocycles. The molecule has 1 N–H and O–H groups in total. The van der Waals surface area contributed by atoms with Gasteiger partial charge in [-0.05, 0) is 86.6 Å². The highest BCUT2D eigenvalue weighted by Gasteiger charge is 2.24. The molecule has 0 aliphatic heterocycles. The molecule has 0 unspecified atom stereocenters. The van der Waals surface area contributed by atoms with Gasteiger partial charge in [0.05, 0.1) is 12.2 Å². The quantitative estimate of drug-likeness (QED) is 0.390. The summed E-state index contributed by atoms with van der Waals surface area (Å²) in [5, 5.41) is 10.0. The number of rotatable bonds is 10. The van der Waals surface area contributed by atoms with Crippen LogP contribution < -0.4 is 4.74 Å². The van der Waals surface area contributed by atoms with Crippen molar-refractivity contribution >= 4 is 5.78 Å². The summed E-state index contributed by atoms with van der Waals surface area (Å²) in [5.41, 5.74) is 1.92. The Morgan fingerprint density at radius 1 is 1.09 bits per heavy atom. The number of hydrogen-bond donors (Lipinski definition) is 1. The standard InChI is InChI=1S/C27H34F2O3/c1-3-6-20-13-14-21(17-23(20)28)19-11-9-18(10-12-19)7-5-8-24(30)22-15-16-25(32-4-2)26(29)27(22)31/h13-19,31H,3-12H2,1-2H3. The van der Waals surface area contributed by atoms with Crippen molar-refractivity contribution in [2.45, 2.75) is 77.6 Å². The highest BCUT2D eigenvalue weighted by atomic mass is 19.1. The maximum atomic E-state index is 14.3. The molecule has 32 heavy (non-hydrogen) atoms. The van der Waals surface area contributed by atoms with Crippen molar-refractivity contribution in [3.05, 3.63) is 58.7 Å². The minimum Gasteiger partial charge on any atom is -0.504 e. The van der Waals surface area contributed by atoms with Gasteiger partial charge in [-0.15, -0.1) is 0 Å². The monoisotopic (exact) mass is 444 g/mol. The molecule has 0 aromatic heterocycles. The minimum atomic E-state index is -0.879. The number of phenolic OH excluding ortho intramolecular Hbond substituents is 1. The van der Waals surface area contributed by atoms with Gasteiger partial charge in [0.25, 0.3) is 0 Å². The summed E-state index contributed by atoms with van der Waals surface area (Å²) in [4.78, 5) is 12.5. The van der Waals surface area contributed by atoms with Crippen molar-refractivity contribution < 1.29 is 23.4 Å². The number of aromatic hydroxyl groups is 1. The molecule has 0 amide bonds. The summed E-state index contributed by atoms with van der Waals surface area (Å²) in [6.07, 6.45) is 7.86. The van der Waals surface area contributed by atoms with Gasteiger partial charge in [-0.3, -0.25) is 4.79 Å². The van der Waals surface area contributed by atoms with Crippen LogP contribution in [0.2, 0.25) is 0 Å². The van der Waals surface area contributed by atoms with E-state index in [9.17, 15) is 18.7 Å². The SMILES string of the molecule is CCCc1ccc(C2CCC(CCCC(=O)c3ccc(OCC)c(F)c3O)CC2)cc1F. The first-order chi connectivity index (χ1) is 15.4. The average molecular weight is 445 g/mol. The van der Waals surface area contributed by atoms with Crippen LogP contribution in [-0.2, 0) is 6.42 Å². The van der Waals surface area contributed by atoms with Crippen LogP contribution in [-0.4, -0.2) is 17.5 Å². The maximum absolute atomic E-state index is 14.3. The van der Waals surface area contributed by atoms with Gasteiger partial charge in [0.15, 0.2) is 17.3 Å². The molecule has 2 aromatic carbocycles. The molecule has 174 valence electrons. The second kappa shape index (κ2) is 11.4. The van der Waals surface area contributed by atoms with Crippen LogP contribution in [0, 0.1) is 17.6 Å². The first-order valence-electron chi connectivity index (χ1n) is 11.9. The number of carbonyl (C=O) groups excluding carboxylic acids is 1. The Balaban J connectivity index is 1.46. The number of halogens is 2. The fourth-order valence-electron chi connectivity index (χ4n) is 4.80. The van der Waals surface area contributed by atoms with Crippen molar-refractivity contribution in [1.29, 1.82) is 0 Å². The number of ether oxygens (including phenoxy) is 1. The summed E-state index contributed by atoms with van der Waals surface area (Å²) < 4.78 is 33.5. The fourth-order valence-corrected chi connectivity index (χ4v) is 4.80. The third kappa shape index (κ3) is 5.87. The number of carbonyl (C=O) groups is 1. The van der Waals surface area contributed by atoms with Crippen LogP contribution in [0.25, 0.3) is 0 Å². The molecule has 0 spiro atoms. The van der Waals surface area contributed by atoms with Crippen LogP contribution in [0.1, 0.15) is 92.6 Å². The lowest BCUT2D eigenvalue weighted by atomic mass is 9.77. The van der Waals surface area contributed by atoms with Gasteiger partial charge in [0.2, 0.25) is 5.82 Å². The molecule has 0 heterocycles. The molecule has 3 rings (SSSR count). The van der Waals surface area contributed by atoms with Crippen LogP contribution in [0.4, 0.5) is 8.78 Å². The molecule has 0 saturated heterocycles. The number of aryl methyl sites for hydroxylation is 1. The van der Waals surface area contributed by atoms with E-state index >= 15 is 0 Å². The first-order valence-corrected chi connectivity index (χ1v) is 11.9. The molecule has 1 fully saturated rings. The predicted molar refractivity (Wildman–Crippen MR) is 123 cm³/mol. The number of hydrogen-bond acceptors (Lipinski definition) is 3. The van der Waals surface area contributed by atoms with Crippen LogP contribution in [0.5, 0.6) is 11.5 Å². The zero-order valence-corrected chi connectivity index (χ0v) is 19.1. The number of phenols is 1. The van der Waals surface area contributed by atoms with E-state index in [1.54, 1.807) is 13.0 Å². The summed E-state index contributed by atoms with van der Waals surface area (Å²) >= 11 is 0. The van der Waals surface area contributed by atoms with Gasteiger partial charge in [-0.1, -0.05) is 31.9 Å². The second-order valence-corrected chi connectivity index (χ2v) is 8.84. The number of Topliss-reactive ketones (excluding diaryl/α,β-unsaturated/α-hetero) is 1. The van der Waals surface area contributed by atoms with Gasteiger partial charge in [-0.2, -0.15) is 4.39 Å². The van der Waals surface area contributed by atoms with Crippen molar-refractivity contribution in [3.8, 4) is 11.5 Å². The van der Waals surface area contributed by atoms with E-state index in [0.717, 1.165) is 56.1 Å². The van der Waals surface area contributed by atoms with E-state index in [0.29, 0.717) is 18.3 Å². The summed E-state index contributed by atoms with van der Waals surface area (Å²) in [6, 6.07) is 8.56. The van der Waals surface area contributed by atoms with E-state index in [4.69, 9.17) is 4.74 Å². The Bertz CT molecular complexity index is 917. The predicted octanol–water partition coefficient (Wildman–Crippen LogP) is 7.35. The Labute approximate surface area is 189 Å². The first kappa shape index (κ1) is 24.2. The van der Waals surface area contributed by atoms with Crippen LogP contribution >= 0.6 is 0 Å². The van der Waals surface area contributed by atoms with Gasteiger partial charge in [-0.25, -0.2) is 4.39 Å². The topological polar surface area (TPSA) is 46.5 Å². The van der Waals surface area contributed by atoms with E-state index < -0.39 is 11.6 Å². The molecular weight excluding hydrogens is 410 g/mol. The normalized spacial score (nSPS) is 18.5. The summed E-state index contributed by atoms with van der Waals surface area (Å²) in [6.45, 7) is 4.07. The van der Waals surface area contributed by atoms with Crippen molar-refractivity contribution in [2.24, 2.45) is 5.92 Å². The molecule has 0 atom stereocenters. The molecule has 2 aromatic rings. The van der Waals surface area contributed by atoms with Gasteiger partial charge < -0.3 is 9.84 Å². The lowest BCUT2D eigenvalue weighted by Crippen LogP contribution is -2.14. The lowest BCUT2D eigenvalue weighted by molar-refractivity contribution is 0.0973. The van der Waals surface area contributed by atoms with E-state index in [1.165, 1.54) is 12.1 Å². The van der Waals surface area contributed by atoms with Crippen molar-refractivity contribution in [1.82, 2.24) is 0 Å². The smallest absolute Gasteiger partial charge is 0.207 e. The minimum absolute atomic E-state index is 0.0169. The van der Waals surface area contributed by atoms with Crippen molar-refractivity contribution in [2.75, 3.05) is 6.61 Å². The lowest BCUT2D eigenvalue weighted by Gasteiger charge is -2.29. The average Bonchev–Trinajstić information content (AvgIpc) is 2.79. The third-order valence-electron chi connectivity index (χ3n) is 6.61. The van der Waals surface area contributed by atoms with Gasteiger partial charge in [0.1, 0.15) is 5.82 Å². The van der Waals surface area contributed by atoms with E-state index in [1.807, 2.05) is 6.07 Å². The summed E-state index contributed by atoms with van der Waals surface area (Å²) in [5.74, 6) is -0.928. The zero-order chi connectivity index (χ0) is 23.1. The van der Waals surface area contributed by atoms with Crippen LogP contribution in [0.15, 0.2) is 30.3 Å². The molecule has 1 aliphatic rings. The number of benzene rings is 2. The third-order valence-corrected chi connectivity index (χ3v) is 6.61. The number of ketones is 1. The summed E-state index contributed by atoms with van der Waals surface area (Å²) in [7, 11) is 0. The van der Waals surface area contributed by atoms with E-state index in [2.05, 4.69) is 13.0 Å². The largest absolute Gasteiger partial charge is 0.504 e. The van der Waals surface area contributed by atoms with Crippen molar-refractivity contribution in [3.63, 3.8) is 0 Å². The Kier molecular flexibility index (Phi) is 8.66. The molecule has 3 nitrogen and oxygen atoms in total. The van der Waals surface area contributed by atoms with Gasteiger partial charge >= 0.3 is 0 Å². The second-order valence-electron chi connectivity index (χ2n) is 8.84. The molecule has 0 bridgehead atoms. The molecule has 1 saturated carbocycles. The molecule has 5 heteroatoms. The molecular formula is C27H34F2O3. The highest BCUT2D eigenvalue weighted by molar-refractivity contribution is 5.98. The Morgan fingerprint density at radius 2 is 1.84 bits per heavy atom. The Hall–Kier alpha value is -2.43.